The van der Waals surface area contributed by atoms with E-state index in [1.54, 1.807) is 6.26 Å². The van der Waals surface area contributed by atoms with E-state index in [0.29, 0.717) is 43.1 Å². The Morgan fingerprint density at radius 2 is 1.97 bits per heavy atom. The average Bonchev–Trinajstić information content (AvgIpc) is 3.41. The number of fused-ring (bicyclic) bond motifs is 1. The summed E-state index contributed by atoms with van der Waals surface area (Å²) in [5.74, 6) is 0.416. The summed E-state index contributed by atoms with van der Waals surface area (Å²) in [5.41, 5.74) is 1.42. The van der Waals surface area contributed by atoms with Crippen LogP contribution < -0.4 is 5.63 Å². The zero-order valence-corrected chi connectivity index (χ0v) is 19.6. The number of aryl methyl sites for hydroxylation is 2. The molecule has 30 heavy (non-hydrogen) atoms. The van der Waals surface area contributed by atoms with Crippen LogP contribution in [0.4, 0.5) is 0 Å². The van der Waals surface area contributed by atoms with E-state index in [-0.39, 0.29) is 16.8 Å². The lowest BCUT2D eigenvalue weighted by Gasteiger charge is -2.38. The summed E-state index contributed by atoms with van der Waals surface area (Å²) in [6.07, 6.45) is 4.18. The molecule has 1 aliphatic carbocycles. The quantitative estimate of drug-likeness (QED) is 0.593. The third-order valence-corrected chi connectivity index (χ3v) is 11.2. The molecule has 0 aromatic carbocycles. The molecule has 0 bridgehead atoms. The Balaban J connectivity index is 1.52. The van der Waals surface area contributed by atoms with Gasteiger partial charge in [-0.05, 0) is 61.2 Å². The summed E-state index contributed by atoms with van der Waals surface area (Å²) >= 11 is 0. The maximum Gasteiger partial charge on any atom is 0.339 e. The van der Waals surface area contributed by atoms with Crippen LogP contribution in [0.5, 0.6) is 0 Å². The van der Waals surface area contributed by atoms with Gasteiger partial charge in [0.25, 0.3) is 0 Å². The van der Waals surface area contributed by atoms with Crippen LogP contribution in [0, 0.1) is 0 Å². The third kappa shape index (κ3) is 3.96. The minimum Gasteiger partial charge on any atom is -0.464 e. The Kier molecular flexibility index (Phi) is 5.59. The van der Waals surface area contributed by atoms with E-state index in [9.17, 15) is 4.79 Å². The molecule has 4 rings (SSSR count). The molecule has 1 unspecified atom stereocenters. The van der Waals surface area contributed by atoms with Crippen molar-refractivity contribution in [1.29, 1.82) is 0 Å². The van der Waals surface area contributed by atoms with E-state index in [2.05, 4.69) is 33.9 Å². The van der Waals surface area contributed by atoms with Crippen LogP contribution in [0.2, 0.25) is 18.1 Å². The van der Waals surface area contributed by atoms with Gasteiger partial charge in [-0.15, -0.1) is 0 Å². The first-order chi connectivity index (χ1) is 14.1. The van der Waals surface area contributed by atoms with Gasteiger partial charge in [0.1, 0.15) is 11.9 Å². The maximum atomic E-state index is 12.8. The van der Waals surface area contributed by atoms with E-state index >= 15 is 0 Å². The van der Waals surface area contributed by atoms with Crippen LogP contribution >= 0.6 is 0 Å². The molecule has 1 atom stereocenters. The standard InChI is InChI=1S/C23H32O6Si/c1-22(2,3)30(4,5)29-18-9-8-16-15-17(21(24)28-20(16)18)10-11-23(26-13-14-27-23)19-7-6-12-25-19/h6-7,12,15,18H,8-11,13-14H2,1-5H3. The smallest absolute Gasteiger partial charge is 0.339 e. The van der Waals surface area contributed by atoms with E-state index in [4.69, 9.17) is 22.7 Å². The van der Waals surface area contributed by atoms with Crippen molar-refractivity contribution in [3.05, 3.63) is 57.5 Å². The Bertz CT molecular complexity index is 932. The van der Waals surface area contributed by atoms with Gasteiger partial charge in [-0.2, -0.15) is 0 Å². The molecule has 6 nitrogen and oxygen atoms in total. The predicted molar refractivity (Wildman–Crippen MR) is 115 cm³/mol. The first-order valence-corrected chi connectivity index (χ1v) is 13.7. The number of hydrogen-bond donors (Lipinski definition) is 0. The molecule has 0 radical (unpaired) electrons. The molecule has 2 aromatic rings. The van der Waals surface area contributed by atoms with Gasteiger partial charge in [0.15, 0.2) is 14.1 Å². The zero-order chi connectivity index (χ0) is 21.6. The lowest BCUT2D eigenvalue weighted by Crippen LogP contribution is -2.41. The lowest BCUT2D eigenvalue weighted by atomic mass is 10.0. The summed E-state index contributed by atoms with van der Waals surface area (Å²) in [6.45, 7) is 12.1. The van der Waals surface area contributed by atoms with Crippen molar-refractivity contribution < 1.29 is 22.7 Å². The van der Waals surface area contributed by atoms with E-state index in [1.807, 2.05) is 18.2 Å². The molecule has 1 fully saturated rings. The van der Waals surface area contributed by atoms with Gasteiger partial charge < -0.3 is 22.7 Å². The number of rotatable bonds is 6. The van der Waals surface area contributed by atoms with Gasteiger partial charge in [0, 0.05) is 12.0 Å². The van der Waals surface area contributed by atoms with Crippen LogP contribution in [0.1, 0.15) is 62.4 Å². The number of furan rings is 1. The molecule has 164 valence electrons. The fourth-order valence-corrected chi connectivity index (χ4v) is 5.22. The second-order valence-corrected chi connectivity index (χ2v) is 14.5. The van der Waals surface area contributed by atoms with E-state index in [1.165, 1.54) is 0 Å². The first-order valence-electron chi connectivity index (χ1n) is 10.8. The molecule has 0 saturated carbocycles. The van der Waals surface area contributed by atoms with Gasteiger partial charge in [0.05, 0.1) is 19.5 Å². The van der Waals surface area contributed by atoms with Crippen molar-refractivity contribution in [2.75, 3.05) is 13.2 Å². The van der Waals surface area contributed by atoms with Crippen molar-refractivity contribution in [2.45, 2.75) is 76.5 Å². The largest absolute Gasteiger partial charge is 0.464 e. The highest BCUT2D eigenvalue weighted by Crippen LogP contribution is 2.43. The molecule has 1 saturated heterocycles. The van der Waals surface area contributed by atoms with Crippen LogP contribution in [0.15, 0.2) is 38.1 Å². The molecule has 0 spiro atoms. The van der Waals surface area contributed by atoms with Gasteiger partial charge in [0.2, 0.25) is 5.79 Å². The monoisotopic (exact) mass is 432 g/mol. The van der Waals surface area contributed by atoms with Crippen LogP contribution in [-0.4, -0.2) is 21.5 Å². The van der Waals surface area contributed by atoms with E-state index in [0.717, 1.165) is 18.4 Å². The predicted octanol–water partition coefficient (Wildman–Crippen LogP) is 5.07. The minimum atomic E-state index is -1.95. The van der Waals surface area contributed by atoms with Gasteiger partial charge in [-0.1, -0.05) is 20.8 Å². The van der Waals surface area contributed by atoms with Crippen molar-refractivity contribution in [3.63, 3.8) is 0 Å². The van der Waals surface area contributed by atoms with Crippen molar-refractivity contribution in [1.82, 2.24) is 0 Å². The highest BCUT2D eigenvalue weighted by molar-refractivity contribution is 6.74. The molecule has 0 amide bonds. The molecule has 3 heterocycles. The fourth-order valence-electron chi connectivity index (χ4n) is 3.94. The van der Waals surface area contributed by atoms with Crippen molar-refractivity contribution in [2.24, 2.45) is 0 Å². The van der Waals surface area contributed by atoms with Crippen LogP contribution in [0.25, 0.3) is 0 Å². The third-order valence-electron chi connectivity index (χ3n) is 6.71. The maximum absolute atomic E-state index is 12.8. The summed E-state index contributed by atoms with van der Waals surface area (Å²) < 4.78 is 29.6. The summed E-state index contributed by atoms with van der Waals surface area (Å²) in [5, 5.41) is 0.109. The second kappa shape index (κ2) is 7.78. The number of ether oxygens (including phenoxy) is 2. The van der Waals surface area contributed by atoms with Gasteiger partial charge >= 0.3 is 5.63 Å². The first kappa shape index (κ1) is 21.6. The molecule has 1 aliphatic heterocycles. The molecule has 2 aliphatic rings. The zero-order valence-electron chi connectivity index (χ0n) is 18.6. The van der Waals surface area contributed by atoms with Gasteiger partial charge in [-0.3, -0.25) is 0 Å². The average molecular weight is 433 g/mol. The van der Waals surface area contributed by atoms with E-state index < -0.39 is 14.1 Å². The highest BCUT2D eigenvalue weighted by atomic mass is 28.4. The second-order valence-electron chi connectivity index (χ2n) is 9.78. The molecular weight excluding hydrogens is 400 g/mol. The Labute approximate surface area is 178 Å². The van der Waals surface area contributed by atoms with Crippen LogP contribution in [-0.2, 0) is 32.5 Å². The van der Waals surface area contributed by atoms with Crippen LogP contribution in [0.3, 0.4) is 0 Å². The minimum absolute atomic E-state index is 0.109. The molecular formula is C23H32O6Si. The van der Waals surface area contributed by atoms with Crippen molar-refractivity contribution in [3.8, 4) is 0 Å². The lowest BCUT2D eigenvalue weighted by molar-refractivity contribution is -0.183. The molecule has 2 aromatic heterocycles. The van der Waals surface area contributed by atoms with Crippen molar-refractivity contribution >= 4 is 8.32 Å². The molecule has 7 heteroatoms. The topological polar surface area (TPSA) is 71.0 Å². The summed E-state index contributed by atoms with van der Waals surface area (Å²) in [7, 11) is -1.95. The summed E-state index contributed by atoms with van der Waals surface area (Å²) in [4.78, 5) is 12.8. The number of hydrogen-bond acceptors (Lipinski definition) is 6. The Morgan fingerprint density at radius 1 is 1.23 bits per heavy atom. The fraction of sp³-hybridized carbons (Fsp3) is 0.609. The molecule has 0 N–H and O–H groups in total. The Morgan fingerprint density at radius 3 is 2.60 bits per heavy atom. The normalized spacial score (nSPS) is 21.2. The Hall–Kier alpha value is -1.67. The van der Waals surface area contributed by atoms with Gasteiger partial charge in [-0.25, -0.2) is 4.79 Å². The highest BCUT2D eigenvalue weighted by Gasteiger charge is 2.43. The summed E-state index contributed by atoms with van der Waals surface area (Å²) in [6, 6.07) is 5.65. The SMILES string of the molecule is CC(C)(C)[Si](C)(C)OC1CCc2cc(CCC3(c4ccco4)OCCO3)c(=O)oc21.